The van der Waals surface area contributed by atoms with E-state index >= 15 is 0 Å². The Balaban J connectivity index is 2.17. The number of benzene rings is 2. The van der Waals surface area contributed by atoms with Gasteiger partial charge in [-0.05, 0) is 23.6 Å². The zero-order chi connectivity index (χ0) is 13.7. The molecule has 3 heteroatoms. The van der Waals surface area contributed by atoms with E-state index in [1.165, 1.54) is 0 Å². The lowest BCUT2D eigenvalue weighted by Crippen LogP contribution is -2.10. The molecule has 0 saturated heterocycles. The maximum Gasteiger partial charge on any atom is 0.328 e. The van der Waals surface area contributed by atoms with Crippen molar-refractivity contribution in [3.8, 4) is 11.1 Å². The molecule has 2 nitrogen and oxygen atoms in total. The monoisotopic (exact) mass is 274 g/mol. The van der Waals surface area contributed by atoms with E-state index in [4.69, 9.17) is 16.3 Å². The van der Waals surface area contributed by atoms with Gasteiger partial charge in [0.1, 0.15) is 0 Å². The standard InChI is InChI=1S/C16H15ClO2/c1-2-19-16(18)15(17)14-10-8-13(9-11-14)12-6-4-3-5-7-12/h3-11,15H,2H2,1H3. The van der Waals surface area contributed by atoms with Crippen molar-refractivity contribution in [1.29, 1.82) is 0 Å². The van der Waals surface area contributed by atoms with E-state index in [-0.39, 0.29) is 0 Å². The summed E-state index contributed by atoms with van der Waals surface area (Å²) in [5.41, 5.74) is 2.98. The van der Waals surface area contributed by atoms with Crippen LogP contribution < -0.4 is 0 Å². The SMILES string of the molecule is CCOC(=O)C(Cl)c1ccc(-c2ccccc2)cc1. The summed E-state index contributed by atoms with van der Waals surface area (Å²) in [6.45, 7) is 2.10. The summed E-state index contributed by atoms with van der Waals surface area (Å²) in [4.78, 5) is 11.5. The minimum Gasteiger partial charge on any atom is -0.465 e. The largest absolute Gasteiger partial charge is 0.465 e. The van der Waals surface area contributed by atoms with Gasteiger partial charge in [-0.2, -0.15) is 0 Å². The molecule has 98 valence electrons. The molecule has 0 amide bonds. The normalized spacial score (nSPS) is 11.9. The average molecular weight is 275 g/mol. The minimum absolute atomic E-state index is 0.337. The highest BCUT2D eigenvalue weighted by molar-refractivity contribution is 6.29. The number of hydrogen-bond acceptors (Lipinski definition) is 2. The molecule has 19 heavy (non-hydrogen) atoms. The van der Waals surface area contributed by atoms with Crippen LogP contribution in [-0.2, 0) is 9.53 Å². The summed E-state index contributed by atoms with van der Waals surface area (Å²) in [6.07, 6.45) is 0. The van der Waals surface area contributed by atoms with Crippen molar-refractivity contribution in [2.45, 2.75) is 12.3 Å². The fraction of sp³-hybridized carbons (Fsp3) is 0.188. The fourth-order valence-electron chi connectivity index (χ4n) is 1.83. The van der Waals surface area contributed by atoms with Crippen molar-refractivity contribution in [2.24, 2.45) is 0 Å². The number of carbonyl (C=O) groups excluding carboxylic acids is 1. The smallest absolute Gasteiger partial charge is 0.328 e. The maximum absolute atomic E-state index is 11.5. The predicted molar refractivity (Wildman–Crippen MR) is 77.1 cm³/mol. The molecule has 0 aliphatic carbocycles. The van der Waals surface area contributed by atoms with Crippen LogP contribution >= 0.6 is 11.6 Å². The number of alkyl halides is 1. The highest BCUT2D eigenvalue weighted by atomic mass is 35.5. The lowest BCUT2D eigenvalue weighted by Gasteiger charge is -2.09. The molecule has 1 unspecified atom stereocenters. The predicted octanol–water partition coefficient (Wildman–Crippen LogP) is 4.20. The third-order valence-corrected chi connectivity index (χ3v) is 3.23. The van der Waals surface area contributed by atoms with Crippen molar-refractivity contribution in [3.05, 3.63) is 60.2 Å². The Kier molecular flexibility index (Phi) is 4.58. The molecule has 0 fully saturated rings. The molecule has 0 radical (unpaired) electrons. The number of halogens is 1. The lowest BCUT2D eigenvalue weighted by molar-refractivity contribution is -0.142. The van der Waals surface area contributed by atoms with Crippen LogP contribution in [-0.4, -0.2) is 12.6 Å². The van der Waals surface area contributed by atoms with Crippen LogP contribution in [0.2, 0.25) is 0 Å². The Hall–Kier alpha value is -1.80. The summed E-state index contributed by atoms with van der Waals surface area (Å²) in [6, 6.07) is 17.7. The Morgan fingerprint density at radius 2 is 1.63 bits per heavy atom. The van der Waals surface area contributed by atoms with Crippen LogP contribution in [0.15, 0.2) is 54.6 Å². The van der Waals surface area contributed by atoms with E-state index in [9.17, 15) is 4.79 Å². The minimum atomic E-state index is -0.746. The molecule has 0 aliphatic heterocycles. The van der Waals surface area contributed by atoms with Crippen molar-refractivity contribution in [1.82, 2.24) is 0 Å². The van der Waals surface area contributed by atoms with E-state index in [1.807, 2.05) is 54.6 Å². The second-order valence-electron chi connectivity index (χ2n) is 4.10. The summed E-state index contributed by atoms with van der Waals surface area (Å²) in [5.74, 6) is -0.406. The van der Waals surface area contributed by atoms with Crippen LogP contribution in [0.3, 0.4) is 0 Å². The van der Waals surface area contributed by atoms with E-state index in [0.717, 1.165) is 16.7 Å². The zero-order valence-electron chi connectivity index (χ0n) is 10.7. The Bertz CT molecular complexity index is 534. The van der Waals surface area contributed by atoms with Crippen molar-refractivity contribution >= 4 is 17.6 Å². The molecule has 0 bridgehead atoms. The summed E-state index contributed by atoms with van der Waals surface area (Å²) >= 11 is 6.06. The van der Waals surface area contributed by atoms with Gasteiger partial charge in [0.05, 0.1) is 6.61 Å². The molecule has 0 heterocycles. The maximum atomic E-state index is 11.5. The molecule has 0 aliphatic rings. The number of hydrogen-bond donors (Lipinski definition) is 0. The van der Waals surface area contributed by atoms with Crippen LogP contribution in [0.5, 0.6) is 0 Å². The highest BCUT2D eigenvalue weighted by Crippen LogP contribution is 2.25. The molecular formula is C16H15ClO2. The van der Waals surface area contributed by atoms with Gasteiger partial charge in [0.25, 0.3) is 0 Å². The molecule has 2 aromatic carbocycles. The average Bonchev–Trinajstić information content (AvgIpc) is 2.48. The van der Waals surface area contributed by atoms with Gasteiger partial charge >= 0.3 is 5.97 Å². The van der Waals surface area contributed by atoms with Gasteiger partial charge in [0, 0.05) is 0 Å². The van der Waals surface area contributed by atoms with E-state index in [1.54, 1.807) is 6.92 Å². The Morgan fingerprint density at radius 3 is 2.21 bits per heavy atom. The number of esters is 1. The molecule has 0 spiro atoms. The van der Waals surface area contributed by atoms with Gasteiger partial charge in [-0.15, -0.1) is 11.6 Å². The third-order valence-electron chi connectivity index (χ3n) is 2.80. The summed E-state index contributed by atoms with van der Waals surface area (Å²) in [7, 11) is 0. The molecular weight excluding hydrogens is 260 g/mol. The highest BCUT2D eigenvalue weighted by Gasteiger charge is 2.18. The number of carbonyl (C=O) groups is 1. The molecule has 2 rings (SSSR count). The zero-order valence-corrected chi connectivity index (χ0v) is 11.4. The van der Waals surface area contributed by atoms with Gasteiger partial charge in [-0.1, -0.05) is 54.6 Å². The molecule has 0 N–H and O–H groups in total. The van der Waals surface area contributed by atoms with Crippen molar-refractivity contribution in [3.63, 3.8) is 0 Å². The first-order valence-corrected chi connectivity index (χ1v) is 6.62. The lowest BCUT2D eigenvalue weighted by atomic mass is 10.0. The third kappa shape index (κ3) is 3.36. The number of rotatable bonds is 4. The van der Waals surface area contributed by atoms with Gasteiger partial charge in [0.15, 0.2) is 5.38 Å². The van der Waals surface area contributed by atoms with Crippen LogP contribution in [0.4, 0.5) is 0 Å². The van der Waals surface area contributed by atoms with Gasteiger partial charge in [-0.3, -0.25) is 4.79 Å². The topological polar surface area (TPSA) is 26.3 Å². The van der Waals surface area contributed by atoms with E-state index < -0.39 is 11.3 Å². The van der Waals surface area contributed by atoms with E-state index in [0.29, 0.717) is 6.61 Å². The Morgan fingerprint density at radius 1 is 1.05 bits per heavy atom. The van der Waals surface area contributed by atoms with Crippen LogP contribution in [0.1, 0.15) is 17.9 Å². The van der Waals surface area contributed by atoms with Gasteiger partial charge < -0.3 is 4.74 Å². The first-order chi connectivity index (χ1) is 9.22. The first kappa shape index (κ1) is 13.6. The van der Waals surface area contributed by atoms with Crippen molar-refractivity contribution < 1.29 is 9.53 Å². The number of ether oxygens (including phenoxy) is 1. The van der Waals surface area contributed by atoms with Gasteiger partial charge in [-0.25, -0.2) is 0 Å². The fourth-order valence-corrected chi connectivity index (χ4v) is 2.04. The first-order valence-electron chi connectivity index (χ1n) is 6.18. The molecule has 0 aromatic heterocycles. The molecule has 1 atom stereocenters. The van der Waals surface area contributed by atoms with E-state index in [2.05, 4.69) is 0 Å². The molecule has 0 saturated carbocycles. The summed E-state index contributed by atoms with van der Waals surface area (Å²) in [5, 5.41) is -0.746. The van der Waals surface area contributed by atoms with Gasteiger partial charge in [0.2, 0.25) is 0 Å². The van der Waals surface area contributed by atoms with Crippen LogP contribution in [0.25, 0.3) is 11.1 Å². The summed E-state index contributed by atoms with van der Waals surface area (Å²) < 4.78 is 4.90. The molecule has 2 aromatic rings. The quantitative estimate of drug-likeness (QED) is 0.617. The van der Waals surface area contributed by atoms with Crippen LogP contribution in [0, 0.1) is 0 Å². The van der Waals surface area contributed by atoms with Crippen molar-refractivity contribution in [2.75, 3.05) is 6.61 Å². The Labute approximate surface area is 118 Å². The second-order valence-corrected chi connectivity index (χ2v) is 4.54. The second kappa shape index (κ2) is 6.39.